The third kappa shape index (κ3) is 2.91. The van der Waals surface area contributed by atoms with Crippen LogP contribution in [-0.2, 0) is 11.3 Å². The summed E-state index contributed by atoms with van der Waals surface area (Å²) in [6.07, 6.45) is 5.68. The Balaban J connectivity index is 1.54. The Hall–Kier alpha value is -2.28. The molecule has 24 heavy (non-hydrogen) atoms. The minimum atomic E-state index is -0.0187. The van der Waals surface area contributed by atoms with Gasteiger partial charge in [0.25, 0.3) is 5.91 Å². The summed E-state index contributed by atoms with van der Waals surface area (Å²) in [4.78, 5) is 27.4. The van der Waals surface area contributed by atoms with Gasteiger partial charge < -0.3 is 10.2 Å². The lowest BCUT2D eigenvalue weighted by Gasteiger charge is -2.25. The van der Waals surface area contributed by atoms with Gasteiger partial charge in [0, 0.05) is 29.4 Å². The molecule has 1 aromatic heterocycles. The summed E-state index contributed by atoms with van der Waals surface area (Å²) in [6, 6.07) is 7.63. The van der Waals surface area contributed by atoms with E-state index in [2.05, 4.69) is 10.4 Å². The lowest BCUT2D eigenvalue weighted by molar-refractivity contribution is -0.113. The first-order valence-corrected chi connectivity index (χ1v) is 9.04. The first kappa shape index (κ1) is 15.3. The van der Waals surface area contributed by atoms with Crippen LogP contribution in [0.3, 0.4) is 0 Å². The molecule has 124 valence electrons. The van der Waals surface area contributed by atoms with E-state index in [4.69, 9.17) is 0 Å². The van der Waals surface area contributed by atoms with Gasteiger partial charge in [0.05, 0.1) is 24.0 Å². The molecular formula is C17H18N4O2S. The van der Waals surface area contributed by atoms with Crippen molar-refractivity contribution in [1.82, 2.24) is 14.7 Å². The smallest absolute Gasteiger partial charge is 0.254 e. The van der Waals surface area contributed by atoms with Crippen molar-refractivity contribution in [2.24, 2.45) is 0 Å². The highest BCUT2D eigenvalue weighted by molar-refractivity contribution is 8.00. The average Bonchev–Trinajstić information content (AvgIpc) is 3.26. The van der Waals surface area contributed by atoms with Crippen LogP contribution >= 0.6 is 11.8 Å². The Morgan fingerprint density at radius 2 is 2.33 bits per heavy atom. The summed E-state index contributed by atoms with van der Waals surface area (Å²) in [5.41, 5.74) is 1.37. The largest absolute Gasteiger partial charge is 0.334 e. The number of carbonyl (C=O) groups excluding carboxylic acids is 2. The number of nitrogens with one attached hydrogen (secondary N) is 1. The number of likely N-dealkylation sites (tertiary alicyclic amines) is 1. The van der Waals surface area contributed by atoms with E-state index in [0.29, 0.717) is 11.3 Å². The number of thioether (sulfide) groups is 1. The normalized spacial score (nSPS) is 19.9. The Kier molecular flexibility index (Phi) is 4.02. The number of anilines is 1. The van der Waals surface area contributed by atoms with E-state index < -0.39 is 0 Å². The lowest BCUT2D eigenvalue weighted by atomic mass is 10.1. The highest BCUT2D eigenvalue weighted by atomic mass is 32.2. The van der Waals surface area contributed by atoms with Crippen molar-refractivity contribution in [2.75, 3.05) is 17.6 Å². The Morgan fingerprint density at radius 1 is 1.42 bits per heavy atom. The lowest BCUT2D eigenvalue weighted by Crippen LogP contribution is -2.38. The van der Waals surface area contributed by atoms with E-state index in [0.717, 1.165) is 36.5 Å². The summed E-state index contributed by atoms with van der Waals surface area (Å²) in [5.74, 6) is 0.436. The van der Waals surface area contributed by atoms with Gasteiger partial charge in [-0.3, -0.25) is 14.3 Å². The van der Waals surface area contributed by atoms with Gasteiger partial charge in [-0.15, -0.1) is 11.8 Å². The maximum absolute atomic E-state index is 12.9. The maximum Gasteiger partial charge on any atom is 0.254 e. The highest BCUT2D eigenvalue weighted by Crippen LogP contribution is 2.33. The number of rotatable bonds is 3. The van der Waals surface area contributed by atoms with Crippen LogP contribution in [0.2, 0.25) is 0 Å². The van der Waals surface area contributed by atoms with Gasteiger partial charge in [0.1, 0.15) is 0 Å². The van der Waals surface area contributed by atoms with E-state index in [1.54, 1.807) is 12.3 Å². The fraction of sp³-hybridized carbons (Fsp3) is 0.353. The third-order valence-electron chi connectivity index (χ3n) is 4.45. The molecule has 0 radical (unpaired) electrons. The zero-order chi connectivity index (χ0) is 16.5. The molecule has 6 nitrogen and oxygen atoms in total. The Morgan fingerprint density at radius 3 is 3.17 bits per heavy atom. The van der Waals surface area contributed by atoms with Crippen molar-refractivity contribution in [2.45, 2.75) is 30.3 Å². The van der Waals surface area contributed by atoms with Crippen LogP contribution in [-0.4, -0.2) is 44.8 Å². The van der Waals surface area contributed by atoms with Crippen molar-refractivity contribution in [1.29, 1.82) is 0 Å². The molecule has 2 aliphatic rings. The molecule has 3 heterocycles. The number of fused-ring (bicyclic) bond motifs is 1. The van der Waals surface area contributed by atoms with Gasteiger partial charge in [0.2, 0.25) is 5.91 Å². The minimum absolute atomic E-state index is 0.0187. The Labute approximate surface area is 144 Å². The van der Waals surface area contributed by atoms with E-state index >= 15 is 0 Å². The third-order valence-corrected chi connectivity index (χ3v) is 5.53. The van der Waals surface area contributed by atoms with E-state index in [9.17, 15) is 9.59 Å². The van der Waals surface area contributed by atoms with Gasteiger partial charge in [-0.2, -0.15) is 5.10 Å². The van der Waals surface area contributed by atoms with Gasteiger partial charge >= 0.3 is 0 Å². The summed E-state index contributed by atoms with van der Waals surface area (Å²) < 4.78 is 1.87. The van der Waals surface area contributed by atoms with E-state index in [1.165, 1.54) is 11.8 Å². The molecule has 0 aliphatic carbocycles. The van der Waals surface area contributed by atoms with Gasteiger partial charge in [-0.25, -0.2) is 0 Å². The van der Waals surface area contributed by atoms with Gasteiger partial charge in [-0.05, 0) is 37.1 Å². The number of carbonyl (C=O) groups is 2. The molecule has 2 aliphatic heterocycles. The second kappa shape index (κ2) is 6.32. The van der Waals surface area contributed by atoms with Crippen molar-refractivity contribution in [3.8, 4) is 0 Å². The number of hydrogen-bond acceptors (Lipinski definition) is 4. The van der Waals surface area contributed by atoms with Crippen molar-refractivity contribution in [3.05, 3.63) is 42.2 Å². The van der Waals surface area contributed by atoms with Crippen LogP contribution in [0.5, 0.6) is 0 Å². The Bertz CT molecular complexity index is 775. The summed E-state index contributed by atoms with van der Waals surface area (Å²) in [7, 11) is 0. The maximum atomic E-state index is 12.9. The SMILES string of the molecule is O=C1CSc2ccc(C(=O)N3CCC[C@@H]3Cn3cccn3)cc2N1. The summed E-state index contributed by atoms with van der Waals surface area (Å²) in [6.45, 7) is 1.49. The van der Waals surface area contributed by atoms with E-state index in [-0.39, 0.29) is 17.9 Å². The molecule has 0 spiro atoms. The first-order chi connectivity index (χ1) is 11.7. The zero-order valence-electron chi connectivity index (χ0n) is 13.1. The number of benzene rings is 1. The predicted octanol–water partition coefficient (Wildman–Crippen LogP) is 2.23. The standard InChI is InChI=1S/C17H18N4O2S/c22-16-11-24-15-5-4-12(9-14(15)19-16)17(23)21-8-1-3-13(21)10-20-7-2-6-18-20/h2,4-7,9,13H,1,3,8,10-11H2,(H,19,22)/t13-/m1/s1. The van der Waals surface area contributed by atoms with Crippen LogP contribution in [0.25, 0.3) is 0 Å². The van der Waals surface area contributed by atoms with Gasteiger partial charge in [-0.1, -0.05) is 0 Å². The highest BCUT2D eigenvalue weighted by Gasteiger charge is 2.30. The van der Waals surface area contributed by atoms with E-state index in [1.807, 2.05) is 34.0 Å². The predicted molar refractivity (Wildman–Crippen MR) is 92.1 cm³/mol. The minimum Gasteiger partial charge on any atom is -0.334 e. The second-order valence-corrected chi connectivity index (χ2v) is 7.09. The molecule has 1 fully saturated rings. The molecule has 0 bridgehead atoms. The van der Waals surface area contributed by atoms with Gasteiger partial charge in [0.15, 0.2) is 0 Å². The number of nitrogens with zero attached hydrogens (tertiary/aromatic N) is 3. The molecule has 4 rings (SSSR count). The van der Waals surface area contributed by atoms with Crippen LogP contribution in [0.4, 0.5) is 5.69 Å². The molecular weight excluding hydrogens is 324 g/mol. The summed E-state index contributed by atoms with van der Waals surface area (Å²) >= 11 is 1.50. The quantitative estimate of drug-likeness (QED) is 0.929. The van der Waals surface area contributed by atoms with Crippen molar-refractivity contribution < 1.29 is 9.59 Å². The molecule has 1 aromatic carbocycles. The topological polar surface area (TPSA) is 67.2 Å². The first-order valence-electron chi connectivity index (χ1n) is 8.06. The molecule has 1 saturated heterocycles. The average molecular weight is 342 g/mol. The van der Waals surface area contributed by atoms with Crippen LogP contribution < -0.4 is 5.32 Å². The fourth-order valence-corrected chi connectivity index (χ4v) is 4.09. The van der Waals surface area contributed by atoms with Crippen LogP contribution in [0, 0.1) is 0 Å². The molecule has 7 heteroatoms. The monoisotopic (exact) mass is 342 g/mol. The van der Waals surface area contributed by atoms with Crippen LogP contribution in [0.1, 0.15) is 23.2 Å². The molecule has 0 saturated carbocycles. The van der Waals surface area contributed by atoms with Crippen molar-refractivity contribution >= 4 is 29.3 Å². The molecule has 2 aromatic rings. The van der Waals surface area contributed by atoms with Crippen molar-refractivity contribution in [3.63, 3.8) is 0 Å². The molecule has 2 amide bonds. The zero-order valence-corrected chi connectivity index (χ0v) is 14.0. The number of amides is 2. The van der Waals surface area contributed by atoms with Crippen LogP contribution in [0.15, 0.2) is 41.6 Å². The number of hydrogen-bond donors (Lipinski definition) is 1. The molecule has 0 unspecified atom stereocenters. The summed E-state index contributed by atoms with van der Waals surface area (Å²) in [5, 5.41) is 7.09. The second-order valence-electron chi connectivity index (χ2n) is 6.07. The number of aromatic nitrogens is 2. The molecule has 1 atom stereocenters. The fourth-order valence-electron chi connectivity index (χ4n) is 3.30. The molecule has 1 N–H and O–H groups in total.